The van der Waals surface area contributed by atoms with Crippen molar-refractivity contribution in [3.63, 3.8) is 0 Å². The molecule has 1 aliphatic heterocycles. The lowest BCUT2D eigenvalue weighted by molar-refractivity contribution is -0.165. The number of nitrogen functional groups attached to an aromatic ring is 1. The van der Waals surface area contributed by atoms with Crippen molar-refractivity contribution in [1.29, 1.82) is 0 Å². The molecule has 0 spiro atoms. The molecule has 0 bridgehead atoms. The molecule has 0 radical (unpaired) electrons. The second-order valence-electron chi connectivity index (χ2n) is 6.68. The summed E-state index contributed by atoms with van der Waals surface area (Å²) in [5.74, 6) is -1.88. The molecule has 0 amide bonds. The summed E-state index contributed by atoms with van der Waals surface area (Å²) in [4.78, 5) is 56.9. The molecule has 1 saturated heterocycles. The second kappa shape index (κ2) is 8.49. The van der Waals surface area contributed by atoms with Gasteiger partial charge in [-0.2, -0.15) is 4.98 Å². The molecular weight excluding hydrogens is 402 g/mol. The van der Waals surface area contributed by atoms with Crippen LogP contribution >= 0.6 is 0 Å². The minimum Gasteiger partial charge on any atom is -0.463 e. The van der Waals surface area contributed by atoms with Gasteiger partial charge in [0.25, 0.3) is 5.56 Å². The number of esters is 3. The number of carbonyl (C=O) groups is 3. The summed E-state index contributed by atoms with van der Waals surface area (Å²) < 4.78 is 23.0. The van der Waals surface area contributed by atoms with Crippen LogP contribution in [0.25, 0.3) is 11.2 Å². The Bertz CT molecular complexity index is 1030. The maximum atomic E-state index is 12.0. The second-order valence-corrected chi connectivity index (χ2v) is 6.68. The number of aromatic nitrogens is 4. The summed E-state index contributed by atoms with van der Waals surface area (Å²) >= 11 is 0. The van der Waals surface area contributed by atoms with Gasteiger partial charge in [0.1, 0.15) is 18.8 Å². The normalized spacial score (nSPS) is 23.3. The monoisotopic (exact) mass is 423 g/mol. The number of ether oxygens (including phenoxy) is 4. The van der Waals surface area contributed by atoms with Crippen molar-refractivity contribution in [3.05, 3.63) is 16.7 Å². The van der Waals surface area contributed by atoms with Crippen molar-refractivity contribution in [3.8, 4) is 0 Å². The van der Waals surface area contributed by atoms with E-state index in [1.54, 1.807) is 0 Å². The highest BCUT2D eigenvalue weighted by atomic mass is 16.6. The predicted molar refractivity (Wildman–Crippen MR) is 99.0 cm³/mol. The number of nitrogens with one attached hydrogen (secondary N) is 1. The minimum atomic E-state index is -1.01. The Labute approximate surface area is 169 Å². The van der Waals surface area contributed by atoms with E-state index in [9.17, 15) is 19.2 Å². The van der Waals surface area contributed by atoms with Gasteiger partial charge >= 0.3 is 17.9 Å². The smallest absolute Gasteiger partial charge is 0.303 e. The Balaban J connectivity index is 1.92. The molecule has 13 heteroatoms. The molecule has 4 atom stereocenters. The first-order chi connectivity index (χ1) is 14.2. The summed E-state index contributed by atoms with van der Waals surface area (Å²) in [5, 5.41) is 0. The standard InChI is InChI=1S/C17H21N5O8/c1-7(23)27-5-11-14(29-9(3)25)13(28-8(2)24)10(30-11)4-22-6-19-12-15(22)20-17(18)21-16(12)26/h6,10-11,13-14H,4-5H2,1-3H3,(H3,18,20,21,26)/t10?,11-,13+,14-/m1/s1. The number of nitrogens with two attached hydrogens (primary N) is 1. The van der Waals surface area contributed by atoms with Gasteiger partial charge in [-0.15, -0.1) is 0 Å². The molecule has 0 aromatic carbocycles. The van der Waals surface area contributed by atoms with Crippen LogP contribution in [0.2, 0.25) is 0 Å². The lowest BCUT2D eigenvalue weighted by Gasteiger charge is -2.23. The number of rotatable bonds is 6. The molecule has 3 N–H and O–H groups in total. The number of anilines is 1. The average Bonchev–Trinajstić information content (AvgIpc) is 3.16. The van der Waals surface area contributed by atoms with Crippen LogP contribution in [0.4, 0.5) is 5.95 Å². The third kappa shape index (κ3) is 4.56. The first kappa shape index (κ1) is 21.2. The van der Waals surface area contributed by atoms with Crippen molar-refractivity contribution in [2.45, 2.75) is 51.7 Å². The van der Waals surface area contributed by atoms with Crippen LogP contribution < -0.4 is 11.3 Å². The first-order valence-corrected chi connectivity index (χ1v) is 8.99. The average molecular weight is 423 g/mol. The lowest BCUT2D eigenvalue weighted by Crippen LogP contribution is -2.42. The highest BCUT2D eigenvalue weighted by Gasteiger charge is 2.49. The van der Waals surface area contributed by atoms with Crippen molar-refractivity contribution in [2.75, 3.05) is 12.3 Å². The van der Waals surface area contributed by atoms with E-state index >= 15 is 0 Å². The Morgan fingerprint density at radius 2 is 1.77 bits per heavy atom. The molecule has 0 saturated carbocycles. The molecule has 1 unspecified atom stereocenters. The molecule has 1 fully saturated rings. The topological polar surface area (TPSA) is 178 Å². The van der Waals surface area contributed by atoms with E-state index in [0.29, 0.717) is 0 Å². The number of carbonyl (C=O) groups excluding carboxylic acids is 3. The van der Waals surface area contributed by atoms with Gasteiger partial charge < -0.3 is 29.2 Å². The number of imidazole rings is 1. The summed E-state index contributed by atoms with van der Waals surface area (Å²) in [7, 11) is 0. The third-order valence-corrected chi connectivity index (χ3v) is 4.33. The van der Waals surface area contributed by atoms with E-state index in [1.807, 2.05) is 0 Å². The zero-order valence-electron chi connectivity index (χ0n) is 16.5. The zero-order valence-corrected chi connectivity index (χ0v) is 16.5. The molecule has 13 nitrogen and oxygen atoms in total. The van der Waals surface area contributed by atoms with Crippen molar-refractivity contribution < 1.29 is 33.3 Å². The zero-order chi connectivity index (χ0) is 22.0. The highest BCUT2D eigenvalue weighted by Crippen LogP contribution is 2.29. The SMILES string of the molecule is CC(=O)OC[C@H]1OC(Cn2cnc3c(=O)[nH]c(N)nc32)[C@H](OC(C)=O)[C@@H]1OC(C)=O. The number of hydrogen-bond acceptors (Lipinski definition) is 11. The quantitative estimate of drug-likeness (QED) is 0.425. The number of nitrogens with zero attached hydrogens (tertiary/aromatic N) is 3. The Kier molecular flexibility index (Phi) is 6.01. The molecule has 2 aromatic rings. The maximum Gasteiger partial charge on any atom is 0.303 e. The van der Waals surface area contributed by atoms with Crippen LogP contribution in [-0.4, -0.2) is 68.4 Å². The van der Waals surface area contributed by atoms with E-state index in [-0.39, 0.29) is 30.3 Å². The largest absolute Gasteiger partial charge is 0.463 e. The number of H-pyrrole nitrogens is 1. The van der Waals surface area contributed by atoms with E-state index in [2.05, 4.69) is 15.0 Å². The van der Waals surface area contributed by atoms with Crippen LogP contribution in [0.1, 0.15) is 20.8 Å². The third-order valence-electron chi connectivity index (χ3n) is 4.33. The van der Waals surface area contributed by atoms with Gasteiger partial charge in [-0.3, -0.25) is 24.2 Å². The molecule has 0 aliphatic carbocycles. The van der Waals surface area contributed by atoms with Crippen LogP contribution in [0.5, 0.6) is 0 Å². The predicted octanol–water partition coefficient (Wildman–Crippen LogP) is -1.10. The summed E-state index contributed by atoms with van der Waals surface area (Å²) in [6.07, 6.45) is -2.33. The van der Waals surface area contributed by atoms with E-state index in [1.165, 1.54) is 31.7 Å². The van der Waals surface area contributed by atoms with Crippen LogP contribution in [0, 0.1) is 0 Å². The molecular formula is C17H21N5O8. The Hall–Kier alpha value is -3.48. The molecule has 1 aliphatic rings. The summed E-state index contributed by atoms with van der Waals surface area (Å²) in [6.45, 7) is 3.46. The van der Waals surface area contributed by atoms with Gasteiger partial charge in [0.2, 0.25) is 5.95 Å². The van der Waals surface area contributed by atoms with Crippen molar-refractivity contribution in [2.24, 2.45) is 0 Å². The molecule has 3 heterocycles. The number of fused-ring (bicyclic) bond motifs is 1. The van der Waals surface area contributed by atoms with Crippen LogP contribution in [0.15, 0.2) is 11.1 Å². The van der Waals surface area contributed by atoms with Gasteiger partial charge in [0.05, 0.1) is 12.9 Å². The molecule has 2 aromatic heterocycles. The fourth-order valence-corrected chi connectivity index (χ4v) is 3.25. The van der Waals surface area contributed by atoms with Crippen molar-refractivity contribution >= 4 is 35.0 Å². The van der Waals surface area contributed by atoms with Gasteiger partial charge in [-0.05, 0) is 0 Å². The molecule has 30 heavy (non-hydrogen) atoms. The van der Waals surface area contributed by atoms with Crippen molar-refractivity contribution in [1.82, 2.24) is 19.5 Å². The Morgan fingerprint density at radius 1 is 1.13 bits per heavy atom. The molecule has 162 valence electrons. The molecule has 3 rings (SSSR count). The van der Waals surface area contributed by atoms with Gasteiger partial charge in [-0.25, -0.2) is 4.98 Å². The van der Waals surface area contributed by atoms with E-state index < -0.39 is 47.9 Å². The Morgan fingerprint density at radius 3 is 2.37 bits per heavy atom. The van der Waals surface area contributed by atoms with E-state index in [4.69, 9.17) is 24.7 Å². The number of aromatic amines is 1. The number of hydrogen-bond donors (Lipinski definition) is 2. The van der Waals surface area contributed by atoms with E-state index in [0.717, 1.165) is 0 Å². The van der Waals surface area contributed by atoms with Gasteiger partial charge in [0.15, 0.2) is 23.4 Å². The maximum absolute atomic E-state index is 12.0. The lowest BCUT2D eigenvalue weighted by atomic mass is 10.1. The summed E-state index contributed by atoms with van der Waals surface area (Å²) in [6, 6.07) is 0. The highest BCUT2D eigenvalue weighted by molar-refractivity contribution is 5.70. The van der Waals surface area contributed by atoms with Gasteiger partial charge in [0, 0.05) is 20.8 Å². The first-order valence-electron chi connectivity index (χ1n) is 8.99. The fourth-order valence-electron chi connectivity index (χ4n) is 3.25. The van der Waals surface area contributed by atoms with Gasteiger partial charge in [-0.1, -0.05) is 0 Å². The van der Waals surface area contributed by atoms with Crippen LogP contribution in [0.3, 0.4) is 0 Å². The summed E-state index contributed by atoms with van der Waals surface area (Å²) in [5.41, 5.74) is 5.37. The fraction of sp³-hybridized carbons (Fsp3) is 0.529. The minimum absolute atomic E-state index is 0.0404. The van der Waals surface area contributed by atoms with Crippen LogP contribution in [-0.2, 0) is 39.9 Å².